The average Bonchev–Trinajstić information content (AvgIpc) is 2.61. The van der Waals surface area contributed by atoms with Crippen molar-refractivity contribution in [1.29, 1.82) is 0 Å². The Morgan fingerprint density at radius 3 is 2.00 bits per heavy atom. The van der Waals surface area contributed by atoms with E-state index in [1.807, 2.05) is 0 Å². The molecule has 3 rings (SSSR count). The topological polar surface area (TPSA) is 145 Å². The summed E-state index contributed by atoms with van der Waals surface area (Å²) >= 11 is 0. The fraction of sp³-hybridized carbons (Fsp3) is 0. The number of carbonyl (C=O) groups is 2. The normalized spacial score (nSPS) is 14.2. The second-order valence-electron chi connectivity index (χ2n) is 5.13. The van der Waals surface area contributed by atoms with E-state index in [4.69, 9.17) is 0 Å². The number of ketones is 1. The Balaban J connectivity index is 2.14. The molecule has 0 aliphatic carbocycles. The van der Waals surface area contributed by atoms with Crippen molar-refractivity contribution in [3.63, 3.8) is 0 Å². The first-order valence-corrected chi connectivity index (χ1v) is 7.12. The van der Waals surface area contributed by atoms with Crippen LogP contribution in [0.15, 0.2) is 64.2 Å². The Morgan fingerprint density at radius 1 is 0.923 bits per heavy atom. The molecule has 0 atom stereocenters. The van der Waals surface area contributed by atoms with Crippen molar-refractivity contribution in [2.24, 2.45) is 9.98 Å². The second-order valence-corrected chi connectivity index (χ2v) is 5.13. The molecule has 0 saturated carbocycles. The van der Waals surface area contributed by atoms with Crippen molar-refractivity contribution >= 4 is 23.1 Å². The fourth-order valence-corrected chi connectivity index (χ4v) is 2.27. The first-order valence-electron chi connectivity index (χ1n) is 7.12. The van der Waals surface area contributed by atoms with E-state index < -0.39 is 32.9 Å². The van der Waals surface area contributed by atoms with Crippen LogP contribution < -0.4 is 10.7 Å². The molecule has 0 aromatic heterocycles. The summed E-state index contributed by atoms with van der Waals surface area (Å²) in [6.45, 7) is 0. The Kier molecular flexibility index (Phi) is 4.15. The van der Waals surface area contributed by atoms with Gasteiger partial charge in [-0.05, 0) is 0 Å². The van der Waals surface area contributed by atoms with Crippen molar-refractivity contribution in [3.05, 3.63) is 90.7 Å². The average molecular weight is 352 g/mol. The highest BCUT2D eigenvalue weighted by Crippen LogP contribution is 2.22. The lowest BCUT2D eigenvalue weighted by atomic mass is 10.1. The summed E-state index contributed by atoms with van der Waals surface area (Å²) in [7, 11) is 0. The molecular formula is C16H8N4O6. The molecule has 0 radical (unpaired) electrons. The number of nitro groups is 2. The van der Waals surface area contributed by atoms with E-state index in [1.165, 1.54) is 0 Å². The van der Waals surface area contributed by atoms with Gasteiger partial charge in [0.25, 0.3) is 5.91 Å². The Morgan fingerprint density at radius 2 is 1.46 bits per heavy atom. The van der Waals surface area contributed by atoms with Crippen LogP contribution in [0.1, 0.15) is 10.4 Å². The molecule has 2 aromatic rings. The number of allylic oxidation sites excluding steroid dienone is 1. The number of hydrogen-bond acceptors (Lipinski definition) is 7. The number of carbonyl (C=O) groups excluding carboxylic acids is 2. The maximum Gasteiger partial charge on any atom is 0.348 e. The molecular weight excluding hydrogens is 344 g/mol. The fourth-order valence-electron chi connectivity index (χ4n) is 2.27. The van der Waals surface area contributed by atoms with Crippen LogP contribution in [-0.2, 0) is 4.79 Å². The molecule has 2 aromatic carbocycles. The molecule has 0 unspecified atom stereocenters. The lowest BCUT2D eigenvalue weighted by Crippen LogP contribution is -2.32. The van der Waals surface area contributed by atoms with Gasteiger partial charge in [-0.1, -0.05) is 30.3 Å². The van der Waals surface area contributed by atoms with Gasteiger partial charge in [-0.2, -0.15) is 0 Å². The standard InChI is InChI=1S/C16H8N4O6/c21-15(9-4-2-1-3-5-9)8-12-16(22)18-11-7-14(20(25)26)13(19(23)24)6-10(11)17-12/h1-8H/b12-8-. The molecule has 128 valence electrons. The number of nitrogens with zero attached hydrogens (tertiary/aromatic N) is 4. The molecule has 1 aliphatic rings. The smallest absolute Gasteiger partial charge is 0.289 e. The van der Waals surface area contributed by atoms with E-state index in [2.05, 4.69) is 9.98 Å². The molecule has 10 nitrogen and oxygen atoms in total. The van der Waals surface area contributed by atoms with Crippen LogP contribution in [0.25, 0.3) is 0 Å². The van der Waals surface area contributed by atoms with Gasteiger partial charge in [0.15, 0.2) is 5.78 Å². The van der Waals surface area contributed by atoms with Gasteiger partial charge in [-0.25, -0.2) is 9.98 Å². The quantitative estimate of drug-likeness (QED) is 0.348. The Hall–Kier alpha value is -4.08. The first kappa shape index (κ1) is 16.8. The van der Waals surface area contributed by atoms with Gasteiger partial charge in [0.2, 0.25) is 0 Å². The van der Waals surface area contributed by atoms with E-state index >= 15 is 0 Å². The maximum absolute atomic E-state index is 12.2. The van der Waals surface area contributed by atoms with Crippen molar-refractivity contribution in [1.82, 2.24) is 0 Å². The summed E-state index contributed by atoms with van der Waals surface area (Å²) < 4.78 is 0. The van der Waals surface area contributed by atoms with Crippen molar-refractivity contribution in [2.75, 3.05) is 0 Å². The summed E-state index contributed by atoms with van der Waals surface area (Å²) in [4.78, 5) is 51.8. The minimum absolute atomic E-state index is 0.103. The van der Waals surface area contributed by atoms with Crippen molar-refractivity contribution in [3.8, 4) is 0 Å². The number of benzene rings is 2. The van der Waals surface area contributed by atoms with Crippen LogP contribution in [0.2, 0.25) is 0 Å². The molecule has 0 spiro atoms. The summed E-state index contributed by atoms with van der Waals surface area (Å²) in [5, 5.41) is 21.7. The van der Waals surface area contributed by atoms with E-state index in [-0.39, 0.29) is 16.4 Å². The molecule has 26 heavy (non-hydrogen) atoms. The number of hydrogen-bond donors (Lipinski definition) is 0. The SMILES string of the molecule is O=C1N=c2cc([N+](=O)[O-])c([N+](=O)[O-])cc2=N/C1=C\C(=O)c1ccccc1. The highest BCUT2D eigenvalue weighted by Gasteiger charge is 2.26. The zero-order valence-corrected chi connectivity index (χ0v) is 12.9. The zero-order valence-electron chi connectivity index (χ0n) is 12.9. The van der Waals surface area contributed by atoms with Crippen LogP contribution in [-0.4, -0.2) is 21.5 Å². The zero-order chi connectivity index (χ0) is 18.8. The Bertz CT molecular complexity index is 1120. The van der Waals surface area contributed by atoms with Crippen LogP contribution in [0.3, 0.4) is 0 Å². The number of nitro benzene ring substituents is 2. The number of rotatable bonds is 4. The summed E-state index contributed by atoms with van der Waals surface area (Å²) in [6.07, 6.45) is 0.970. The lowest BCUT2D eigenvalue weighted by molar-refractivity contribution is -0.422. The predicted octanol–water partition coefficient (Wildman–Crippen LogP) is 1.05. The molecule has 10 heteroatoms. The number of fused-ring (bicyclic) bond motifs is 1. The van der Waals surface area contributed by atoms with Gasteiger partial charge in [0.1, 0.15) is 11.1 Å². The van der Waals surface area contributed by atoms with Gasteiger partial charge in [0, 0.05) is 11.6 Å². The monoisotopic (exact) mass is 352 g/mol. The van der Waals surface area contributed by atoms with E-state index in [1.54, 1.807) is 30.3 Å². The summed E-state index contributed by atoms with van der Waals surface area (Å²) in [5.74, 6) is -1.36. The van der Waals surface area contributed by atoms with Gasteiger partial charge in [-0.3, -0.25) is 29.8 Å². The van der Waals surface area contributed by atoms with Gasteiger partial charge >= 0.3 is 11.4 Å². The largest absolute Gasteiger partial charge is 0.348 e. The van der Waals surface area contributed by atoms with Crippen LogP contribution in [0.5, 0.6) is 0 Å². The third-order valence-electron chi connectivity index (χ3n) is 3.47. The molecule has 1 amide bonds. The Labute approximate surface area is 144 Å². The van der Waals surface area contributed by atoms with Gasteiger partial charge in [0.05, 0.1) is 27.3 Å². The van der Waals surface area contributed by atoms with Crippen LogP contribution in [0.4, 0.5) is 11.4 Å². The van der Waals surface area contributed by atoms with E-state index in [0.717, 1.165) is 18.2 Å². The summed E-state index contributed by atoms with van der Waals surface area (Å²) in [6, 6.07) is 9.77. The van der Waals surface area contributed by atoms with Crippen LogP contribution in [0, 0.1) is 20.2 Å². The first-order chi connectivity index (χ1) is 12.4. The molecule has 0 N–H and O–H groups in total. The van der Waals surface area contributed by atoms with Crippen molar-refractivity contribution < 1.29 is 19.4 Å². The maximum atomic E-state index is 12.2. The number of amides is 1. The molecule has 0 fully saturated rings. The van der Waals surface area contributed by atoms with E-state index in [0.29, 0.717) is 5.56 Å². The molecule has 1 aliphatic heterocycles. The third-order valence-corrected chi connectivity index (χ3v) is 3.47. The minimum atomic E-state index is -0.942. The third kappa shape index (κ3) is 3.11. The highest BCUT2D eigenvalue weighted by atomic mass is 16.6. The summed E-state index contributed by atoms with van der Waals surface area (Å²) in [5.41, 5.74) is -1.57. The van der Waals surface area contributed by atoms with E-state index in [9.17, 15) is 29.8 Å². The van der Waals surface area contributed by atoms with Gasteiger partial charge < -0.3 is 0 Å². The molecule has 1 heterocycles. The molecule has 0 bridgehead atoms. The van der Waals surface area contributed by atoms with Crippen LogP contribution >= 0.6 is 0 Å². The second kappa shape index (κ2) is 6.43. The lowest BCUT2D eigenvalue weighted by Gasteiger charge is -2.03. The minimum Gasteiger partial charge on any atom is -0.289 e. The highest BCUT2D eigenvalue weighted by molar-refractivity contribution is 6.09. The molecule has 0 saturated heterocycles. The van der Waals surface area contributed by atoms with Crippen molar-refractivity contribution in [2.45, 2.75) is 0 Å². The predicted molar refractivity (Wildman–Crippen MR) is 85.9 cm³/mol. The van der Waals surface area contributed by atoms with Gasteiger partial charge in [-0.15, -0.1) is 0 Å².